The monoisotopic (exact) mass is 571 g/mol. The van der Waals surface area contributed by atoms with E-state index in [1.54, 1.807) is 0 Å². The zero-order valence-corrected chi connectivity index (χ0v) is 19.4. The van der Waals surface area contributed by atoms with Crippen LogP contribution in [0.15, 0.2) is 30.0 Å². The molecule has 0 aliphatic carbocycles. The van der Waals surface area contributed by atoms with Crippen molar-refractivity contribution in [1.29, 1.82) is 0 Å². The first-order valence-electron chi connectivity index (χ1n) is 9.59. The van der Waals surface area contributed by atoms with Gasteiger partial charge in [0.25, 0.3) is 0 Å². The van der Waals surface area contributed by atoms with Crippen molar-refractivity contribution in [2.45, 2.75) is 44.3 Å². The Balaban J connectivity index is 0.00000648. The van der Waals surface area contributed by atoms with Gasteiger partial charge in [-0.15, -0.1) is 0 Å². The van der Waals surface area contributed by atoms with Crippen LogP contribution in [0, 0.1) is 24.1 Å². The van der Waals surface area contributed by atoms with Gasteiger partial charge >= 0.3 is 202 Å². The van der Waals surface area contributed by atoms with Crippen LogP contribution >= 0.6 is 0 Å². The molecule has 36 heavy (non-hydrogen) atoms. The number of benzene rings is 1. The van der Waals surface area contributed by atoms with Crippen LogP contribution in [0.2, 0.25) is 0 Å². The van der Waals surface area contributed by atoms with E-state index in [1.807, 2.05) is 0 Å². The number of hydrogen-bond acceptors (Lipinski definition) is 4. The van der Waals surface area contributed by atoms with Crippen LogP contribution in [-0.2, 0) is 29.4 Å². The number of carbonyl (C=O) groups is 2. The van der Waals surface area contributed by atoms with Crippen LogP contribution < -0.4 is 15.8 Å². The normalized spacial score (nSPS) is 24.2. The molecule has 1 heterocycles. The summed E-state index contributed by atoms with van der Waals surface area (Å²) in [6, 6.07) is 1.21. The first-order valence-corrected chi connectivity index (χ1v) is 10.1. The molecule has 7 nitrogen and oxygen atoms in total. The molecule has 204 valence electrons. The molecular formula is C21H20F7N2NiO5-. The van der Waals surface area contributed by atoms with Crippen LogP contribution in [-0.4, -0.2) is 46.3 Å². The maximum atomic E-state index is 14.4. The Kier molecular flexibility index (Phi) is 10.0. The quantitative estimate of drug-likeness (QED) is 0.215. The third-order valence-corrected chi connectivity index (χ3v) is 5.90. The van der Waals surface area contributed by atoms with E-state index >= 15 is 0 Å². The standard InChI is InChI=1S/C21H18F7N2O4.Ni.H2O/c1-4-10(5-8-13(29)31)30-18(32)17-14(9(2)20(3,34-17)21(26,27)28)11-6-7-12(22)15(23)16(11)33-19(24)25;;/h1,4-7,9,14,17,19H,2-3H3,(H2,29,31)(H,30,32);;1H2/q-1;;/b10-5+;;/t9-,14-,17+,20+;;/m1../s1. The molecule has 2 rings (SSSR count). The molecule has 2 amide bonds. The van der Waals surface area contributed by atoms with Gasteiger partial charge in [-0.2, -0.15) is 0 Å². The summed E-state index contributed by atoms with van der Waals surface area (Å²) >= 11 is 4.33. The van der Waals surface area contributed by atoms with Crippen LogP contribution in [0.1, 0.15) is 25.3 Å². The summed E-state index contributed by atoms with van der Waals surface area (Å²) in [6.07, 6.45) is -5.55. The van der Waals surface area contributed by atoms with Crippen LogP contribution in [0.4, 0.5) is 30.7 Å². The van der Waals surface area contributed by atoms with Crippen molar-refractivity contribution in [3.05, 3.63) is 53.8 Å². The molecule has 1 aromatic rings. The van der Waals surface area contributed by atoms with E-state index in [1.165, 1.54) is 0 Å². The third kappa shape index (κ3) is 6.13. The van der Waals surface area contributed by atoms with Crippen LogP contribution in [0.5, 0.6) is 5.75 Å². The first kappa shape index (κ1) is 31.3. The molecule has 0 saturated carbocycles. The molecule has 5 N–H and O–H groups in total. The Morgan fingerprint density at radius 3 is 2.36 bits per heavy atom. The molecular weight excluding hydrogens is 552 g/mol. The number of rotatable bonds is 8. The molecule has 15 heteroatoms. The van der Waals surface area contributed by atoms with Crippen LogP contribution in [0.3, 0.4) is 0 Å². The first-order chi connectivity index (χ1) is 16.0. The van der Waals surface area contributed by atoms with Crippen molar-refractivity contribution in [3.63, 3.8) is 0 Å². The number of nitrogens with two attached hydrogens (primary N) is 1. The Morgan fingerprint density at radius 1 is 1.31 bits per heavy atom. The Labute approximate surface area is 207 Å². The number of ether oxygens (including phenoxy) is 2. The SMILES string of the molecule is O.[CH-]=C/C(=C\[C](=[Ni])C(N)=O)NC(=O)[C@H]1O[C@](C)(C(F)(F)F)[C@H](C)[C@@H]1c1ccc(F)c(F)c1OC(F)F. The van der Waals surface area contributed by atoms with E-state index in [-0.39, 0.29) is 11.2 Å². The Hall–Kier alpha value is -2.77. The van der Waals surface area contributed by atoms with E-state index in [9.17, 15) is 40.3 Å². The number of halogens is 7. The van der Waals surface area contributed by atoms with Gasteiger partial charge in [0, 0.05) is 0 Å². The summed E-state index contributed by atoms with van der Waals surface area (Å²) < 4.78 is 104. The van der Waals surface area contributed by atoms with E-state index in [0.29, 0.717) is 13.0 Å². The zero-order valence-electron chi connectivity index (χ0n) is 18.4. The molecule has 0 spiro atoms. The number of allylic oxidation sites excluding steroid dienone is 1. The molecule has 1 aliphatic rings. The third-order valence-electron chi connectivity index (χ3n) is 5.51. The zero-order chi connectivity index (χ0) is 26.9. The fourth-order valence-corrected chi connectivity index (χ4v) is 3.73. The molecule has 0 radical (unpaired) electrons. The van der Waals surface area contributed by atoms with Crippen molar-refractivity contribution in [2.75, 3.05) is 0 Å². The summed E-state index contributed by atoms with van der Waals surface area (Å²) in [5.74, 6) is -10.7. The van der Waals surface area contributed by atoms with E-state index < -0.39 is 75.6 Å². The van der Waals surface area contributed by atoms with Gasteiger partial charge in [0.05, 0.1) is 0 Å². The second-order valence-electron chi connectivity index (χ2n) is 7.55. The number of primary amides is 1. The van der Waals surface area contributed by atoms with Crippen molar-refractivity contribution in [2.24, 2.45) is 11.7 Å². The van der Waals surface area contributed by atoms with Gasteiger partial charge < -0.3 is 5.48 Å². The Bertz CT molecular complexity index is 1080. The van der Waals surface area contributed by atoms with Gasteiger partial charge in [-0.25, -0.2) is 0 Å². The molecule has 4 atom stereocenters. The van der Waals surface area contributed by atoms with Crippen molar-refractivity contribution >= 4 is 16.3 Å². The summed E-state index contributed by atoms with van der Waals surface area (Å²) in [5, 5.41) is 2.09. The predicted octanol–water partition coefficient (Wildman–Crippen LogP) is 2.37. The summed E-state index contributed by atoms with van der Waals surface area (Å²) in [5.41, 5.74) is 0.969. The fraction of sp³-hybridized carbons (Fsp3) is 0.381. The van der Waals surface area contributed by atoms with Crippen molar-refractivity contribution < 1.29 is 70.3 Å². The topological polar surface area (TPSA) is 122 Å². The second kappa shape index (κ2) is 11.5. The minimum atomic E-state index is -5.07. The number of hydrogen-bond donors (Lipinski definition) is 2. The van der Waals surface area contributed by atoms with Gasteiger partial charge in [-0.3, -0.25) is 0 Å². The number of nitrogens with one attached hydrogen (secondary N) is 1. The molecule has 1 saturated heterocycles. The summed E-state index contributed by atoms with van der Waals surface area (Å²) in [7, 11) is 0. The molecule has 1 aromatic carbocycles. The summed E-state index contributed by atoms with van der Waals surface area (Å²) in [4.78, 5) is 24.1. The van der Waals surface area contributed by atoms with Gasteiger partial charge in [-0.05, 0) is 0 Å². The molecule has 0 bridgehead atoms. The van der Waals surface area contributed by atoms with Gasteiger partial charge in [-0.1, -0.05) is 0 Å². The van der Waals surface area contributed by atoms with E-state index in [4.69, 9.17) is 17.0 Å². The molecule has 0 unspecified atom stereocenters. The van der Waals surface area contributed by atoms with E-state index in [2.05, 4.69) is 25.1 Å². The number of amides is 2. The minimum absolute atomic E-state index is 0. The van der Waals surface area contributed by atoms with Gasteiger partial charge in [0.1, 0.15) is 0 Å². The second-order valence-corrected chi connectivity index (χ2v) is 8.08. The molecule has 0 aromatic heterocycles. The number of carbonyl (C=O) groups excluding carboxylic acids is 2. The van der Waals surface area contributed by atoms with Gasteiger partial charge in [0.2, 0.25) is 0 Å². The Morgan fingerprint density at radius 2 is 1.89 bits per heavy atom. The van der Waals surface area contributed by atoms with E-state index in [0.717, 1.165) is 25.1 Å². The molecule has 1 aliphatic heterocycles. The van der Waals surface area contributed by atoms with Crippen molar-refractivity contribution in [3.8, 4) is 5.75 Å². The van der Waals surface area contributed by atoms with Gasteiger partial charge in [0.15, 0.2) is 0 Å². The average molecular weight is 572 g/mol. The fourth-order valence-electron chi connectivity index (χ4n) is 3.58. The number of alkyl halides is 5. The van der Waals surface area contributed by atoms with Crippen LogP contribution in [0.25, 0.3) is 0 Å². The average Bonchev–Trinajstić information content (AvgIpc) is 3.02. The molecule has 1 fully saturated rings. The van der Waals surface area contributed by atoms with Crippen molar-refractivity contribution in [1.82, 2.24) is 5.32 Å². The predicted molar refractivity (Wildman–Crippen MR) is 107 cm³/mol. The maximum absolute atomic E-state index is 14.4. The summed E-state index contributed by atoms with van der Waals surface area (Å²) in [6.45, 7) is 3.29.